The molecule has 3 heteroatoms. The third-order valence-corrected chi connectivity index (χ3v) is 2.55. The Morgan fingerprint density at radius 3 is 2.57 bits per heavy atom. The Hall–Kier alpha value is -0.730. The van der Waals surface area contributed by atoms with E-state index < -0.39 is 0 Å². The zero-order valence-electron chi connectivity index (χ0n) is 8.86. The van der Waals surface area contributed by atoms with Crippen LogP contribution in [-0.4, -0.2) is 14.2 Å². The Kier molecular flexibility index (Phi) is 4.23. The van der Waals surface area contributed by atoms with Crippen LogP contribution in [0.25, 0.3) is 0 Å². The average Bonchev–Trinajstić information content (AvgIpc) is 2.19. The van der Waals surface area contributed by atoms with Crippen LogP contribution in [0.15, 0.2) is 12.1 Å². The van der Waals surface area contributed by atoms with E-state index in [0.29, 0.717) is 0 Å². The molecule has 0 saturated carbocycles. The van der Waals surface area contributed by atoms with Gasteiger partial charge in [0.15, 0.2) is 0 Å². The minimum atomic E-state index is 0.771. The van der Waals surface area contributed by atoms with Crippen LogP contribution in [0.5, 0.6) is 5.75 Å². The Labute approximate surface area is 90.2 Å². The van der Waals surface area contributed by atoms with Crippen molar-refractivity contribution in [3.8, 4) is 5.75 Å². The summed E-state index contributed by atoms with van der Waals surface area (Å²) < 4.78 is 5.30. The van der Waals surface area contributed by atoms with E-state index in [-0.39, 0.29) is 0 Å². The molecular formula is C11H16ClNO. The molecule has 0 unspecified atom stereocenters. The molecule has 0 fully saturated rings. The molecule has 0 amide bonds. The van der Waals surface area contributed by atoms with Gasteiger partial charge in [-0.15, -0.1) is 0 Å². The molecule has 78 valence electrons. The van der Waals surface area contributed by atoms with Crippen molar-refractivity contribution in [3.05, 3.63) is 28.3 Å². The quantitative estimate of drug-likeness (QED) is 0.831. The Morgan fingerprint density at radius 1 is 1.36 bits per heavy atom. The van der Waals surface area contributed by atoms with E-state index in [0.717, 1.165) is 34.9 Å². The lowest BCUT2D eigenvalue weighted by atomic mass is 10.1. The summed E-state index contributed by atoms with van der Waals surface area (Å²) in [6.07, 6.45) is 0.926. The minimum absolute atomic E-state index is 0.771. The maximum atomic E-state index is 6.11. The highest BCUT2D eigenvalue weighted by atomic mass is 35.5. The minimum Gasteiger partial charge on any atom is -0.496 e. The van der Waals surface area contributed by atoms with Gasteiger partial charge in [0.1, 0.15) is 5.75 Å². The SMILES string of the molecule is CCc1cc(OC)c(CNC)cc1Cl. The zero-order chi connectivity index (χ0) is 10.6. The molecule has 14 heavy (non-hydrogen) atoms. The number of benzene rings is 1. The molecule has 0 aliphatic heterocycles. The van der Waals surface area contributed by atoms with Crippen LogP contribution in [0, 0.1) is 0 Å². The van der Waals surface area contributed by atoms with Gasteiger partial charge < -0.3 is 10.1 Å². The molecule has 0 bridgehead atoms. The van der Waals surface area contributed by atoms with Crippen LogP contribution < -0.4 is 10.1 Å². The molecule has 2 nitrogen and oxygen atoms in total. The topological polar surface area (TPSA) is 21.3 Å². The fourth-order valence-corrected chi connectivity index (χ4v) is 1.75. The smallest absolute Gasteiger partial charge is 0.123 e. The summed E-state index contributed by atoms with van der Waals surface area (Å²) >= 11 is 6.11. The summed E-state index contributed by atoms with van der Waals surface area (Å²) in [6, 6.07) is 3.98. The Bertz CT molecular complexity index is 312. The van der Waals surface area contributed by atoms with Crippen molar-refractivity contribution in [2.75, 3.05) is 14.2 Å². The number of aryl methyl sites for hydroxylation is 1. The van der Waals surface area contributed by atoms with E-state index in [1.54, 1.807) is 7.11 Å². The van der Waals surface area contributed by atoms with E-state index in [4.69, 9.17) is 16.3 Å². The lowest BCUT2D eigenvalue weighted by molar-refractivity contribution is 0.408. The Balaban J connectivity index is 3.10. The second-order valence-corrected chi connectivity index (χ2v) is 3.55. The van der Waals surface area contributed by atoms with E-state index in [9.17, 15) is 0 Å². The number of nitrogens with one attached hydrogen (secondary N) is 1. The number of hydrogen-bond donors (Lipinski definition) is 1. The van der Waals surface area contributed by atoms with Crippen molar-refractivity contribution in [2.24, 2.45) is 0 Å². The lowest BCUT2D eigenvalue weighted by Gasteiger charge is -2.11. The van der Waals surface area contributed by atoms with Crippen molar-refractivity contribution in [1.29, 1.82) is 0 Å². The number of rotatable bonds is 4. The highest BCUT2D eigenvalue weighted by molar-refractivity contribution is 6.31. The van der Waals surface area contributed by atoms with Gasteiger partial charge in [-0.25, -0.2) is 0 Å². The van der Waals surface area contributed by atoms with Gasteiger partial charge in [0.25, 0.3) is 0 Å². The van der Waals surface area contributed by atoms with Crippen LogP contribution in [0.3, 0.4) is 0 Å². The van der Waals surface area contributed by atoms with E-state index >= 15 is 0 Å². The van der Waals surface area contributed by atoms with Gasteiger partial charge in [-0.1, -0.05) is 18.5 Å². The van der Waals surface area contributed by atoms with Gasteiger partial charge >= 0.3 is 0 Å². The predicted molar refractivity (Wildman–Crippen MR) is 60.1 cm³/mol. The van der Waals surface area contributed by atoms with Gasteiger partial charge in [-0.2, -0.15) is 0 Å². The Morgan fingerprint density at radius 2 is 2.07 bits per heavy atom. The van der Waals surface area contributed by atoms with Crippen LogP contribution in [0.1, 0.15) is 18.1 Å². The third-order valence-electron chi connectivity index (χ3n) is 2.20. The molecule has 1 aromatic carbocycles. The van der Waals surface area contributed by atoms with Crippen LogP contribution in [0.2, 0.25) is 5.02 Å². The normalized spacial score (nSPS) is 10.3. The number of hydrogen-bond acceptors (Lipinski definition) is 2. The van der Waals surface area contributed by atoms with Gasteiger partial charge in [-0.3, -0.25) is 0 Å². The second-order valence-electron chi connectivity index (χ2n) is 3.14. The molecule has 1 aromatic rings. The molecule has 0 heterocycles. The van der Waals surface area contributed by atoms with Crippen molar-refractivity contribution in [2.45, 2.75) is 19.9 Å². The molecule has 0 aliphatic rings. The van der Waals surface area contributed by atoms with Crippen molar-refractivity contribution in [3.63, 3.8) is 0 Å². The molecule has 0 aliphatic carbocycles. The van der Waals surface area contributed by atoms with Crippen LogP contribution in [-0.2, 0) is 13.0 Å². The average molecular weight is 214 g/mol. The lowest BCUT2D eigenvalue weighted by Crippen LogP contribution is -2.07. The fraction of sp³-hybridized carbons (Fsp3) is 0.455. The standard InChI is InChI=1S/C11H16ClNO/c1-4-8-6-11(14-3)9(7-13-2)5-10(8)12/h5-6,13H,4,7H2,1-3H3. The van der Waals surface area contributed by atoms with Gasteiger partial charge in [0.2, 0.25) is 0 Å². The molecule has 1 N–H and O–H groups in total. The van der Waals surface area contributed by atoms with E-state index in [2.05, 4.69) is 12.2 Å². The van der Waals surface area contributed by atoms with Crippen LogP contribution >= 0.6 is 11.6 Å². The summed E-state index contributed by atoms with van der Waals surface area (Å²) in [4.78, 5) is 0. The molecule has 0 aromatic heterocycles. The molecular weight excluding hydrogens is 198 g/mol. The summed E-state index contributed by atoms with van der Waals surface area (Å²) in [5.41, 5.74) is 2.22. The first kappa shape index (κ1) is 11.3. The first-order valence-corrected chi connectivity index (χ1v) is 5.10. The molecule has 1 rings (SSSR count). The van der Waals surface area contributed by atoms with Gasteiger partial charge in [0, 0.05) is 17.1 Å². The zero-order valence-corrected chi connectivity index (χ0v) is 9.61. The summed E-state index contributed by atoms with van der Waals surface area (Å²) in [5.74, 6) is 0.903. The number of halogens is 1. The van der Waals surface area contributed by atoms with Crippen molar-refractivity contribution < 1.29 is 4.74 Å². The summed E-state index contributed by atoms with van der Waals surface area (Å²) in [5, 5.41) is 3.90. The van der Waals surface area contributed by atoms with Gasteiger partial charge in [-0.05, 0) is 31.2 Å². The molecule has 0 atom stereocenters. The number of methoxy groups -OCH3 is 1. The van der Waals surface area contributed by atoms with Gasteiger partial charge in [0.05, 0.1) is 7.11 Å². The first-order valence-electron chi connectivity index (χ1n) is 4.72. The monoisotopic (exact) mass is 213 g/mol. The molecule has 0 saturated heterocycles. The summed E-state index contributed by atoms with van der Waals surface area (Å²) in [7, 11) is 3.59. The second kappa shape index (κ2) is 5.23. The maximum absolute atomic E-state index is 6.11. The summed E-state index contributed by atoms with van der Waals surface area (Å²) in [6.45, 7) is 2.85. The van der Waals surface area contributed by atoms with E-state index in [1.807, 2.05) is 19.2 Å². The third kappa shape index (κ3) is 2.40. The highest BCUT2D eigenvalue weighted by Crippen LogP contribution is 2.27. The molecule has 0 spiro atoms. The largest absolute Gasteiger partial charge is 0.496 e. The van der Waals surface area contributed by atoms with Crippen molar-refractivity contribution in [1.82, 2.24) is 5.32 Å². The maximum Gasteiger partial charge on any atom is 0.123 e. The molecule has 0 radical (unpaired) electrons. The first-order chi connectivity index (χ1) is 6.72. The van der Waals surface area contributed by atoms with E-state index in [1.165, 1.54) is 0 Å². The predicted octanol–water partition coefficient (Wildman–Crippen LogP) is 2.63. The highest BCUT2D eigenvalue weighted by Gasteiger charge is 2.07. The van der Waals surface area contributed by atoms with Crippen molar-refractivity contribution >= 4 is 11.6 Å². The number of ether oxygens (including phenoxy) is 1. The van der Waals surface area contributed by atoms with Crippen LogP contribution in [0.4, 0.5) is 0 Å². The fourth-order valence-electron chi connectivity index (χ4n) is 1.43.